The standard InChI is InChI=1S/C19H18N4O2S/c1-13-6-8-14(9-7-13)23-16-5-3-2-4-15(16)21-19(23)26-11-10-22-17(24)12-20-18(22)25/h2-9H,10-12H2,1H3,(H,20,25). The van der Waals surface area contributed by atoms with Gasteiger partial charge in [-0.3, -0.25) is 14.3 Å². The Labute approximate surface area is 155 Å². The van der Waals surface area contributed by atoms with Crippen molar-refractivity contribution in [1.82, 2.24) is 19.8 Å². The van der Waals surface area contributed by atoms with E-state index in [4.69, 9.17) is 4.98 Å². The number of hydrogen-bond acceptors (Lipinski definition) is 4. The molecule has 1 N–H and O–H groups in total. The van der Waals surface area contributed by atoms with E-state index in [0.717, 1.165) is 21.9 Å². The van der Waals surface area contributed by atoms with Gasteiger partial charge in [-0.05, 0) is 31.2 Å². The first-order valence-corrected chi connectivity index (χ1v) is 9.37. The Morgan fingerprint density at radius 2 is 1.88 bits per heavy atom. The van der Waals surface area contributed by atoms with Gasteiger partial charge in [-0.25, -0.2) is 9.78 Å². The molecule has 0 atom stereocenters. The number of urea groups is 1. The monoisotopic (exact) mass is 366 g/mol. The second-order valence-corrected chi connectivity index (χ2v) is 7.17. The van der Waals surface area contributed by atoms with Gasteiger partial charge in [0.2, 0.25) is 5.91 Å². The van der Waals surface area contributed by atoms with Crippen molar-refractivity contribution in [1.29, 1.82) is 0 Å². The minimum absolute atomic E-state index is 0.0887. The maximum absolute atomic E-state index is 11.7. The largest absolute Gasteiger partial charge is 0.329 e. The molecule has 1 aliphatic rings. The average molecular weight is 366 g/mol. The third kappa shape index (κ3) is 3.06. The first-order valence-electron chi connectivity index (χ1n) is 8.39. The van der Waals surface area contributed by atoms with E-state index < -0.39 is 0 Å². The van der Waals surface area contributed by atoms with Crippen LogP contribution in [0.4, 0.5) is 4.79 Å². The van der Waals surface area contributed by atoms with Crippen molar-refractivity contribution in [2.75, 3.05) is 18.8 Å². The van der Waals surface area contributed by atoms with Crippen LogP contribution in [0, 0.1) is 6.92 Å². The lowest BCUT2D eigenvalue weighted by molar-refractivity contribution is -0.124. The zero-order valence-corrected chi connectivity index (χ0v) is 15.1. The first kappa shape index (κ1) is 16.7. The number of para-hydroxylation sites is 2. The van der Waals surface area contributed by atoms with E-state index in [1.165, 1.54) is 10.5 Å². The molecule has 1 aromatic heterocycles. The number of aryl methyl sites for hydroxylation is 1. The number of carbonyl (C=O) groups excluding carboxylic acids is 2. The van der Waals surface area contributed by atoms with Crippen LogP contribution in [-0.4, -0.2) is 45.2 Å². The number of thioether (sulfide) groups is 1. The third-order valence-corrected chi connectivity index (χ3v) is 5.22. The van der Waals surface area contributed by atoms with E-state index in [0.29, 0.717) is 12.3 Å². The number of nitrogens with zero attached hydrogens (tertiary/aromatic N) is 3. The molecule has 0 spiro atoms. The van der Waals surface area contributed by atoms with E-state index >= 15 is 0 Å². The van der Waals surface area contributed by atoms with Crippen LogP contribution < -0.4 is 5.32 Å². The van der Waals surface area contributed by atoms with E-state index in [1.54, 1.807) is 11.8 Å². The van der Waals surface area contributed by atoms with Crippen molar-refractivity contribution in [2.45, 2.75) is 12.1 Å². The quantitative estimate of drug-likeness (QED) is 0.557. The Balaban J connectivity index is 1.62. The van der Waals surface area contributed by atoms with Gasteiger partial charge < -0.3 is 5.32 Å². The Kier molecular flexibility index (Phi) is 4.38. The van der Waals surface area contributed by atoms with Crippen molar-refractivity contribution < 1.29 is 9.59 Å². The number of nitrogens with one attached hydrogen (secondary N) is 1. The molecule has 1 aliphatic heterocycles. The normalized spacial score (nSPS) is 14.3. The number of amides is 3. The number of imidazole rings is 1. The average Bonchev–Trinajstić information content (AvgIpc) is 3.17. The lowest BCUT2D eigenvalue weighted by atomic mass is 10.2. The lowest BCUT2D eigenvalue weighted by Crippen LogP contribution is -2.32. The number of aromatic nitrogens is 2. The highest BCUT2D eigenvalue weighted by molar-refractivity contribution is 7.99. The summed E-state index contributed by atoms with van der Waals surface area (Å²) in [6, 6.07) is 16.0. The van der Waals surface area contributed by atoms with Crippen LogP contribution >= 0.6 is 11.8 Å². The molecule has 132 valence electrons. The number of fused-ring (bicyclic) bond motifs is 1. The van der Waals surface area contributed by atoms with Crippen molar-refractivity contribution in [2.24, 2.45) is 0 Å². The lowest BCUT2D eigenvalue weighted by Gasteiger charge is -2.12. The maximum atomic E-state index is 11.7. The second-order valence-electron chi connectivity index (χ2n) is 6.11. The molecule has 2 heterocycles. The van der Waals surface area contributed by atoms with Crippen molar-refractivity contribution in [3.8, 4) is 5.69 Å². The Morgan fingerprint density at radius 1 is 1.12 bits per heavy atom. The Morgan fingerprint density at radius 3 is 2.62 bits per heavy atom. The van der Waals surface area contributed by atoms with Gasteiger partial charge in [0.25, 0.3) is 0 Å². The Hall–Kier alpha value is -2.80. The molecule has 26 heavy (non-hydrogen) atoms. The summed E-state index contributed by atoms with van der Waals surface area (Å²) in [4.78, 5) is 29.3. The smallest absolute Gasteiger partial charge is 0.324 e. The number of imide groups is 1. The summed E-state index contributed by atoms with van der Waals surface area (Å²) >= 11 is 1.54. The highest BCUT2D eigenvalue weighted by Crippen LogP contribution is 2.28. The number of rotatable bonds is 5. The van der Waals surface area contributed by atoms with Gasteiger partial charge in [0.15, 0.2) is 5.16 Å². The fourth-order valence-corrected chi connectivity index (χ4v) is 3.91. The summed E-state index contributed by atoms with van der Waals surface area (Å²) in [6.07, 6.45) is 0. The Bertz CT molecular complexity index is 965. The summed E-state index contributed by atoms with van der Waals surface area (Å²) in [6.45, 7) is 2.52. The molecule has 4 rings (SSSR count). The van der Waals surface area contributed by atoms with E-state index in [9.17, 15) is 9.59 Å². The van der Waals surface area contributed by atoms with E-state index in [2.05, 4.69) is 41.1 Å². The van der Waals surface area contributed by atoms with Crippen LogP contribution in [0.5, 0.6) is 0 Å². The minimum Gasteiger partial charge on any atom is -0.329 e. The molecule has 7 heteroatoms. The van der Waals surface area contributed by atoms with Gasteiger partial charge in [0.1, 0.15) is 0 Å². The van der Waals surface area contributed by atoms with Crippen molar-refractivity contribution >= 4 is 34.7 Å². The summed E-state index contributed by atoms with van der Waals surface area (Å²) in [5.41, 5.74) is 4.20. The summed E-state index contributed by atoms with van der Waals surface area (Å²) in [5.74, 6) is 0.413. The van der Waals surface area contributed by atoms with Gasteiger partial charge in [-0.15, -0.1) is 0 Å². The van der Waals surface area contributed by atoms with Crippen LogP contribution in [0.1, 0.15) is 5.56 Å². The van der Waals surface area contributed by atoms with Gasteiger partial charge in [0, 0.05) is 18.0 Å². The first-order chi connectivity index (χ1) is 12.6. The molecule has 3 aromatic rings. The number of hydrogen-bond donors (Lipinski definition) is 1. The number of benzene rings is 2. The molecule has 0 aliphatic carbocycles. The van der Waals surface area contributed by atoms with Crippen LogP contribution in [0.15, 0.2) is 53.7 Å². The molecule has 2 aromatic carbocycles. The van der Waals surface area contributed by atoms with Gasteiger partial charge >= 0.3 is 6.03 Å². The number of carbonyl (C=O) groups is 2. The van der Waals surface area contributed by atoms with Gasteiger partial charge in [-0.1, -0.05) is 41.6 Å². The van der Waals surface area contributed by atoms with Crippen LogP contribution in [0.3, 0.4) is 0 Å². The molecule has 6 nitrogen and oxygen atoms in total. The van der Waals surface area contributed by atoms with E-state index in [-0.39, 0.29) is 18.5 Å². The summed E-state index contributed by atoms with van der Waals surface area (Å²) in [5, 5.41) is 3.39. The molecule has 3 amide bonds. The van der Waals surface area contributed by atoms with Gasteiger partial charge in [0.05, 0.1) is 17.6 Å². The van der Waals surface area contributed by atoms with Gasteiger partial charge in [-0.2, -0.15) is 0 Å². The molecule has 0 unspecified atom stereocenters. The molecular weight excluding hydrogens is 348 g/mol. The third-order valence-electron chi connectivity index (χ3n) is 4.31. The fourth-order valence-electron chi connectivity index (χ4n) is 2.95. The van der Waals surface area contributed by atoms with Crippen LogP contribution in [-0.2, 0) is 4.79 Å². The van der Waals surface area contributed by atoms with Crippen LogP contribution in [0.2, 0.25) is 0 Å². The zero-order chi connectivity index (χ0) is 18.1. The van der Waals surface area contributed by atoms with Crippen molar-refractivity contribution in [3.63, 3.8) is 0 Å². The molecule has 0 radical (unpaired) electrons. The van der Waals surface area contributed by atoms with E-state index in [1.807, 2.05) is 24.3 Å². The molecule has 0 bridgehead atoms. The molecule has 1 fully saturated rings. The summed E-state index contributed by atoms with van der Waals surface area (Å²) in [7, 11) is 0. The molecule has 1 saturated heterocycles. The molecule has 0 saturated carbocycles. The topological polar surface area (TPSA) is 67.2 Å². The maximum Gasteiger partial charge on any atom is 0.324 e. The van der Waals surface area contributed by atoms with Crippen LogP contribution in [0.25, 0.3) is 16.7 Å². The zero-order valence-electron chi connectivity index (χ0n) is 14.3. The minimum atomic E-state index is -0.317. The fraction of sp³-hybridized carbons (Fsp3) is 0.211. The predicted octanol–water partition coefficient (Wildman–Crippen LogP) is 2.98. The SMILES string of the molecule is Cc1ccc(-n2c(SCCN3C(=O)CNC3=O)nc3ccccc32)cc1. The van der Waals surface area contributed by atoms with Crippen molar-refractivity contribution in [3.05, 3.63) is 54.1 Å². The summed E-state index contributed by atoms with van der Waals surface area (Å²) < 4.78 is 2.12. The highest BCUT2D eigenvalue weighted by atomic mass is 32.2. The predicted molar refractivity (Wildman–Crippen MR) is 102 cm³/mol. The highest BCUT2D eigenvalue weighted by Gasteiger charge is 2.28. The second kappa shape index (κ2) is 6.84. The molecular formula is C19H18N4O2S.